The van der Waals surface area contributed by atoms with Crippen LogP contribution in [0.2, 0.25) is 0 Å². The molecule has 0 aromatic carbocycles. The van der Waals surface area contributed by atoms with Crippen molar-refractivity contribution in [2.45, 2.75) is 39.2 Å². The molecule has 2 aromatic heterocycles. The Morgan fingerprint density at radius 1 is 1.28 bits per heavy atom. The number of pyridine rings is 1. The Morgan fingerprint density at radius 3 is 2.76 bits per heavy atom. The number of carbonyl (C=O) groups is 1. The van der Waals surface area contributed by atoms with Gasteiger partial charge in [0.15, 0.2) is 0 Å². The van der Waals surface area contributed by atoms with Gasteiger partial charge in [-0.05, 0) is 30.5 Å². The van der Waals surface area contributed by atoms with Crippen molar-refractivity contribution in [3.63, 3.8) is 0 Å². The van der Waals surface area contributed by atoms with Crippen LogP contribution in [0.15, 0.2) is 36.8 Å². The van der Waals surface area contributed by atoms with Crippen molar-refractivity contribution in [1.29, 1.82) is 0 Å². The first-order valence-corrected chi connectivity index (χ1v) is 8.88. The van der Waals surface area contributed by atoms with Gasteiger partial charge in [-0.2, -0.15) is 0 Å². The minimum atomic E-state index is 0.0688. The molecule has 6 heteroatoms. The Morgan fingerprint density at radius 2 is 2.08 bits per heavy atom. The van der Waals surface area contributed by atoms with Gasteiger partial charge in [-0.1, -0.05) is 19.9 Å². The number of amides is 1. The highest BCUT2D eigenvalue weighted by Crippen LogP contribution is 2.23. The first-order chi connectivity index (χ1) is 12.1. The number of nitrogens with zero attached hydrogens (tertiary/aromatic N) is 4. The van der Waals surface area contributed by atoms with Gasteiger partial charge < -0.3 is 10.2 Å². The summed E-state index contributed by atoms with van der Waals surface area (Å²) in [6, 6.07) is 5.80. The van der Waals surface area contributed by atoms with E-state index in [1.54, 1.807) is 12.4 Å². The number of piperidine rings is 1. The lowest BCUT2D eigenvalue weighted by molar-refractivity contribution is -0.125. The van der Waals surface area contributed by atoms with Crippen molar-refractivity contribution in [1.82, 2.24) is 20.3 Å². The van der Waals surface area contributed by atoms with E-state index in [9.17, 15) is 4.79 Å². The maximum Gasteiger partial charge on any atom is 0.223 e. The average molecular weight is 339 g/mol. The van der Waals surface area contributed by atoms with E-state index >= 15 is 0 Å². The third-order valence-corrected chi connectivity index (χ3v) is 4.56. The fourth-order valence-corrected chi connectivity index (χ4v) is 3.03. The molecule has 6 nitrogen and oxygen atoms in total. The fourth-order valence-electron chi connectivity index (χ4n) is 3.03. The van der Waals surface area contributed by atoms with Crippen molar-refractivity contribution in [2.24, 2.45) is 5.92 Å². The molecule has 0 spiro atoms. The van der Waals surface area contributed by atoms with Crippen LogP contribution in [0.25, 0.3) is 0 Å². The van der Waals surface area contributed by atoms with E-state index in [1.807, 2.05) is 24.4 Å². The van der Waals surface area contributed by atoms with Gasteiger partial charge in [0.05, 0.1) is 0 Å². The molecule has 0 bridgehead atoms. The molecule has 1 amide bonds. The number of hydrogen-bond donors (Lipinski definition) is 1. The molecule has 1 aliphatic rings. The summed E-state index contributed by atoms with van der Waals surface area (Å²) in [5.41, 5.74) is 1.02. The van der Waals surface area contributed by atoms with Crippen LogP contribution in [0.5, 0.6) is 0 Å². The standard InChI is InChI=1S/C19H25N5O/c1-14(2)18-21-9-5-17(23-18)24-10-6-16(7-11-24)19(25)22-13-15-4-3-8-20-12-15/h3-5,8-9,12,14,16H,6-7,10-11,13H2,1-2H3,(H,22,25). The van der Waals surface area contributed by atoms with Crippen LogP contribution in [-0.2, 0) is 11.3 Å². The van der Waals surface area contributed by atoms with E-state index in [2.05, 4.69) is 39.0 Å². The monoisotopic (exact) mass is 339 g/mol. The van der Waals surface area contributed by atoms with Crippen molar-refractivity contribution < 1.29 is 4.79 Å². The van der Waals surface area contributed by atoms with Gasteiger partial charge in [0.25, 0.3) is 0 Å². The van der Waals surface area contributed by atoms with Gasteiger partial charge in [0.2, 0.25) is 5.91 Å². The number of aromatic nitrogens is 3. The topological polar surface area (TPSA) is 71.0 Å². The highest BCUT2D eigenvalue weighted by atomic mass is 16.1. The molecule has 3 heterocycles. The molecular formula is C19H25N5O. The molecule has 1 fully saturated rings. The van der Waals surface area contributed by atoms with Crippen LogP contribution in [0.3, 0.4) is 0 Å². The molecule has 1 N–H and O–H groups in total. The van der Waals surface area contributed by atoms with Crippen molar-refractivity contribution >= 4 is 11.7 Å². The predicted molar refractivity (Wildman–Crippen MR) is 97.1 cm³/mol. The Balaban J connectivity index is 1.51. The maximum absolute atomic E-state index is 12.4. The zero-order chi connectivity index (χ0) is 17.6. The summed E-state index contributed by atoms with van der Waals surface area (Å²) in [4.78, 5) is 27.7. The third kappa shape index (κ3) is 4.53. The molecule has 1 aliphatic heterocycles. The number of hydrogen-bond acceptors (Lipinski definition) is 5. The fraction of sp³-hybridized carbons (Fsp3) is 0.474. The Hall–Kier alpha value is -2.50. The minimum absolute atomic E-state index is 0.0688. The third-order valence-electron chi connectivity index (χ3n) is 4.56. The summed E-state index contributed by atoms with van der Waals surface area (Å²) in [5.74, 6) is 2.35. The molecule has 0 atom stereocenters. The van der Waals surface area contributed by atoms with Crippen molar-refractivity contribution in [2.75, 3.05) is 18.0 Å². The molecule has 132 valence electrons. The van der Waals surface area contributed by atoms with Gasteiger partial charge in [-0.15, -0.1) is 0 Å². The maximum atomic E-state index is 12.4. The van der Waals surface area contributed by atoms with E-state index in [4.69, 9.17) is 0 Å². The van der Waals surface area contributed by atoms with Crippen LogP contribution in [0.4, 0.5) is 5.82 Å². The largest absolute Gasteiger partial charge is 0.356 e. The zero-order valence-electron chi connectivity index (χ0n) is 14.9. The summed E-state index contributed by atoms with van der Waals surface area (Å²) in [6.07, 6.45) is 7.04. The molecule has 0 saturated carbocycles. The van der Waals surface area contributed by atoms with Gasteiger partial charge >= 0.3 is 0 Å². The van der Waals surface area contributed by atoms with E-state index < -0.39 is 0 Å². The molecule has 0 unspecified atom stereocenters. The molecule has 1 saturated heterocycles. The number of rotatable bonds is 5. The van der Waals surface area contributed by atoms with Gasteiger partial charge in [0, 0.05) is 50.1 Å². The first-order valence-electron chi connectivity index (χ1n) is 8.88. The molecule has 25 heavy (non-hydrogen) atoms. The summed E-state index contributed by atoms with van der Waals surface area (Å²) in [5, 5.41) is 3.02. The molecule has 2 aromatic rings. The van der Waals surface area contributed by atoms with Gasteiger partial charge in [-0.25, -0.2) is 9.97 Å². The van der Waals surface area contributed by atoms with Crippen LogP contribution in [0.1, 0.15) is 44.0 Å². The van der Waals surface area contributed by atoms with Gasteiger partial charge in [0.1, 0.15) is 11.6 Å². The molecular weight excluding hydrogens is 314 g/mol. The second-order valence-corrected chi connectivity index (χ2v) is 6.77. The van der Waals surface area contributed by atoms with Crippen molar-refractivity contribution in [3.8, 4) is 0 Å². The smallest absolute Gasteiger partial charge is 0.223 e. The Kier molecular flexibility index (Phi) is 5.58. The normalized spacial score (nSPS) is 15.4. The second kappa shape index (κ2) is 8.05. The lowest BCUT2D eigenvalue weighted by Gasteiger charge is -2.32. The summed E-state index contributed by atoms with van der Waals surface area (Å²) >= 11 is 0. The van der Waals surface area contributed by atoms with Crippen molar-refractivity contribution in [3.05, 3.63) is 48.2 Å². The SMILES string of the molecule is CC(C)c1nccc(N2CCC(C(=O)NCc3cccnc3)CC2)n1. The summed E-state index contributed by atoms with van der Waals surface area (Å²) < 4.78 is 0. The highest BCUT2D eigenvalue weighted by molar-refractivity contribution is 5.78. The molecule has 0 radical (unpaired) electrons. The first kappa shape index (κ1) is 17.3. The van der Waals surface area contributed by atoms with Gasteiger partial charge in [-0.3, -0.25) is 9.78 Å². The number of nitrogens with one attached hydrogen (secondary N) is 1. The highest BCUT2D eigenvalue weighted by Gasteiger charge is 2.25. The predicted octanol–water partition coefficient (Wildman–Crippen LogP) is 2.53. The van der Waals surface area contributed by atoms with Crippen LogP contribution in [0, 0.1) is 5.92 Å². The Labute approximate surface area is 148 Å². The molecule has 0 aliphatic carbocycles. The van der Waals surface area contributed by atoms with Crippen LogP contribution >= 0.6 is 0 Å². The minimum Gasteiger partial charge on any atom is -0.356 e. The quantitative estimate of drug-likeness (QED) is 0.906. The summed E-state index contributed by atoms with van der Waals surface area (Å²) in [7, 11) is 0. The lowest BCUT2D eigenvalue weighted by atomic mass is 9.96. The molecule has 3 rings (SSSR count). The van der Waals surface area contributed by atoms with Crippen LogP contribution in [-0.4, -0.2) is 33.9 Å². The number of anilines is 1. The lowest BCUT2D eigenvalue weighted by Crippen LogP contribution is -2.40. The van der Waals surface area contributed by atoms with E-state index in [1.165, 1.54) is 0 Å². The zero-order valence-corrected chi connectivity index (χ0v) is 14.9. The Bertz CT molecular complexity index is 696. The second-order valence-electron chi connectivity index (χ2n) is 6.77. The number of carbonyl (C=O) groups excluding carboxylic acids is 1. The van der Waals surface area contributed by atoms with E-state index in [0.717, 1.165) is 43.1 Å². The van der Waals surface area contributed by atoms with E-state index in [-0.39, 0.29) is 11.8 Å². The van der Waals surface area contributed by atoms with Crippen LogP contribution < -0.4 is 10.2 Å². The average Bonchev–Trinajstić information content (AvgIpc) is 2.67. The van der Waals surface area contributed by atoms with E-state index in [0.29, 0.717) is 12.5 Å². The summed E-state index contributed by atoms with van der Waals surface area (Å²) in [6.45, 7) is 6.42.